The normalized spacial score (nSPS) is 11.8. The number of rotatable bonds is 5. The van der Waals surface area contributed by atoms with E-state index in [-0.39, 0.29) is 0 Å². The molecule has 0 saturated heterocycles. The van der Waals surface area contributed by atoms with Gasteiger partial charge in [0.15, 0.2) is 0 Å². The fourth-order valence-corrected chi connectivity index (χ4v) is 2.03. The minimum absolute atomic E-state index is 0.412. The maximum atomic E-state index is 11.1. The highest BCUT2D eigenvalue weighted by Gasteiger charge is 2.10. The number of hydrogen-bond donors (Lipinski definition) is 1. The molecule has 2 aromatic carbocycles. The molecule has 0 aliphatic carbocycles. The third-order valence-electron chi connectivity index (χ3n) is 3.35. The standard InChI is InChI=1S/C19H18N2O3/c1-14(21(23)15(2)22)6-7-16-4-3-5-19(12-16)24-18-10-8-17(13-20)9-11-18/h3-12,14,23H,1-2H3/b7-6+/t14-/m0/s1. The van der Waals surface area contributed by atoms with E-state index in [0.29, 0.717) is 22.1 Å². The van der Waals surface area contributed by atoms with Crippen LogP contribution in [0.3, 0.4) is 0 Å². The van der Waals surface area contributed by atoms with Crippen LogP contribution in [0.1, 0.15) is 25.0 Å². The minimum Gasteiger partial charge on any atom is -0.457 e. The SMILES string of the molecule is CC(=O)N(O)[C@@H](C)/C=C/c1cccc(Oc2ccc(C#N)cc2)c1. The maximum absolute atomic E-state index is 11.1. The molecule has 0 fully saturated rings. The third-order valence-corrected chi connectivity index (χ3v) is 3.35. The molecular formula is C19H18N2O3. The second-order valence-electron chi connectivity index (χ2n) is 5.27. The summed E-state index contributed by atoms with van der Waals surface area (Å²) in [5.74, 6) is 0.883. The minimum atomic E-state index is -0.425. The monoisotopic (exact) mass is 322 g/mol. The largest absolute Gasteiger partial charge is 0.457 e. The molecule has 0 bridgehead atoms. The van der Waals surface area contributed by atoms with E-state index in [4.69, 9.17) is 10.00 Å². The van der Waals surface area contributed by atoms with E-state index in [0.717, 1.165) is 5.56 Å². The summed E-state index contributed by atoms with van der Waals surface area (Å²) in [6.07, 6.45) is 3.53. The van der Waals surface area contributed by atoms with Crippen LogP contribution in [-0.4, -0.2) is 22.2 Å². The van der Waals surface area contributed by atoms with Gasteiger partial charge in [0.2, 0.25) is 5.91 Å². The van der Waals surface area contributed by atoms with E-state index in [2.05, 4.69) is 6.07 Å². The van der Waals surface area contributed by atoms with Gasteiger partial charge in [0.1, 0.15) is 11.5 Å². The van der Waals surface area contributed by atoms with Crippen LogP contribution in [0.4, 0.5) is 0 Å². The van der Waals surface area contributed by atoms with E-state index < -0.39 is 11.9 Å². The van der Waals surface area contributed by atoms with Crippen molar-refractivity contribution >= 4 is 12.0 Å². The molecule has 0 radical (unpaired) electrons. The lowest BCUT2D eigenvalue weighted by molar-refractivity contribution is -0.167. The zero-order valence-corrected chi connectivity index (χ0v) is 13.5. The molecule has 2 rings (SSSR count). The maximum Gasteiger partial charge on any atom is 0.243 e. The highest BCUT2D eigenvalue weighted by Crippen LogP contribution is 2.23. The van der Waals surface area contributed by atoms with E-state index >= 15 is 0 Å². The first-order valence-corrected chi connectivity index (χ1v) is 7.44. The van der Waals surface area contributed by atoms with E-state index in [1.54, 1.807) is 37.3 Å². The average molecular weight is 322 g/mol. The Hall–Kier alpha value is -3.10. The first-order valence-electron chi connectivity index (χ1n) is 7.44. The second kappa shape index (κ2) is 7.95. The van der Waals surface area contributed by atoms with Crippen molar-refractivity contribution in [2.24, 2.45) is 0 Å². The Labute approximate surface area is 141 Å². The number of ether oxygens (including phenoxy) is 1. The quantitative estimate of drug-likeness (QED) is 0.667. The summed E-state index contributed by atoms with van der Waals surface area (Å²) in [4.78, 5) is 11.1. The fraction of sp³-hybridized carbons (Fsp3) is 0.158. The molecule has 0 aromatic heterocycles. The van der Waals surface area contributed by atoms with Crippen molar-refractivity contribution in [1.82, 2.24) is 5.06 Å². The molecule has 0 saturated carbocycles. The third kappa shape index (κ3) is 4.70. The molecule has 5 nitrogen and oxygen atoms in total. The van der Waals surface area contributed by atoms with Gasteiger partial charge in [-0.05, 0) is 48.9 Å². The Balaban J connectivity index is 2.08. The van der Waals surface area contributed by atoms with Crippen LogP contribution in [0, 0.1) is 11.3 Å². The van der Waals surface area contributed by atoms with E-state index in [1.165, 1.54) is 6.92 Å². The van der Waals surface area contributed by atoms with Gasteiger partial charge < -0.3 is 4.74 Å². The van der Waals surface area contributed by atoms with Crippen molar-refractivity contribution in [3.8, 4) is 17.6 Å². The molecule has 24 heavy (non-hydrogen) atoms. The van der Waals surface area contributed by atoms with Crippen LogP contribution < -0.4 is 4.74 Å². The Bertz CT molecular complexity index is 776. The van der Waals surface area contributed by atoms with Crippen LogP contribution >= 0.6 is 0 Å². The number of nitrogens with zero attached hydrogens (tertiary/aromatic N) is 2. The predicted molar refractivity (Wildman–Crippen MR) is 90.5 cm³/mol. The predicted octanol–water partition coefficient (Wildman–Crippen LogP) is 3.99. The molecular weight excluding hydrogens is 304 g/mol. The fourth-order valence-electron chi connectivity index (χ4n) is 2.03. The average Bonchev–Trinajstić information content (AvgIpc) is 2.60. The van der Waals surface area contributed by atoms with Crippen LogP contribution in [-0.2, 0) is 4.79 Å². The van der Waals surface area contributed by atoms with Crippen LogP contribution in [0.2, 0.25) is 0 Å². The van der Waals surface area contributed by atoms with Gasteiger partial charge in [0, 0.05) is 6.92 Å². The highest BCUT2D eigenvalue weighted by atomic mass is 16.5. The van der Waals surface area contributed by atoms with Crippen molar-refractivity contribution < 1.29 is 14.7 Å². The highest BCUT2D eigenvalue weighted by molar-refractivity contribution is 5.72. The van der Waals surface area contributed by atoms with Crippen molar-refractivity contribution in [2.45, 2.75) is 19.9 Å². The number of hydrogen-bond acceptors (Lipinski definition) is 4. The Morgan fingerprint density at radius 1 is 1.25 bits per heavy atom. The topological polar surface area (TPSA) is 73.6 Å². The molecule has 0 unspecified atom stereocenters. The lowest BCUT2D eigenvalue weighted by atomic mass is 10.1. The summed E-state index contributed by atoms with van der Waals surface area (Å²) in [5.41, 5.74) is 1.46. The smallest absolute Gasteiger partial charge is 0.243 e. The number of amides is 1. The van der Waals surface area contributed by atoms with Crippen molar-refractivity contribution in [3.63, 3.8) is 0 Å². The van der Waals surface area contributed by atoms with Crippen LogP contribution in [0.5, 0.6) is 11.5 Å². The van der Waals surface area contributed by atoms with E-state index in [1.807, 2.05) is 30.3 Å². The molecule has 5 heteroatoms. The van der Waals surface area contributed by atoms with Gasteiger partial charge in [-0.15, -0.1) is 0 Å². The van der Waals surface area contributed by atoms with Crippen LogP contribution in [0.15, 0.2) is 54.6 Å². The van der Waals surface area contributed by atoms with Gasteiger partial charge in [-0.1, -0.05) is 24.3 Å². The van der Waals surface area contributed by atoms with Gasteiger partial charge in [0.05, 0.1) is 17.7 Å². The molecule has 122 valence electrons. The Kier molecular flexibility index (Phi) is 5.72. The lowest BCUT2D eigenvalue weighted by Gasteiger charge is -2.17. The molecule has 1 amide bonds. The number of carbonyl (C=O) groups excluding carboxylic acids is 1. The zero-order chi connectivity index (χ0) is 17.5. The van der Waals surface area contributed by atoms with Crippen LogP contribution in [0.25, 0.3) is 6.08 Å². The van der Waals surface area contributed by atoms with Crippen molar-refractivity contribution in [2.75, 3.05) is 0 Å². The van der Waals surface area contributed by atoms with Gasteiger partial charge in [-0.25, -0.2) is 5.06 Å². The molecule has 2 aromatic rings. The van der Waals surface area contributed by atoms with E-state index in [9.17, 15) is 10.0 Å². The summed E-state index contributed by atoms with van der Waals surface area (Å²) in [5, 5.41) is 19.0. The number of benzene rings is 2. The van der Waals surface area contributed by atoms with Gasteiger partial charge >= 0.3 is 0 Å². The summed E-state index contributed by atoms with van der Waals surface area (Å²) in [7, 11) is 0. The molecule has 0 heterocycles. The number of nitriles is 1. The summed E-state index contributed by atoms with van der Waals surface area (Å²) >= 11 is 0. The Morgan fingerprint density at radius 3 is 2.58 bits per heavy atom. The van der Waals surface area contributed by atoms with Crippen molar-refractivity contribution in [3.05, 3.63) is 65.7 Å². The second-order valence-corrected chi connectivity index (χ2v) is 5.27. The molecule has 0 aliphatic heterocycles. The van der Waals surface area contributed by atoms with Crippen molar-refractivity contribution in [1.29, 1.82) is 5.26 Å². The first kappa shape index (κ1) is 17.3. The lowest BCUT2D eigenvalue weighted by Crippen LogP contribution is -2.32. The van der Waals surface area contributed by atoms with Gasteiger partial charge in [0.25, 0.3) is 0 Å². The summed E-state index contributed by atoms with van der Waals surface area (Å²) in [6, 6.07) is 15.9. The zero-order valence-electron chi connectivity index (χ0n) is 13.5. The number of hydroxylamine groups is 2. The Morgan fingerprint density at radius 2 is 1.96 bits per heavy atom. The molecule has 1 atom stereocenters. The summed E-state index contributed by atoms with van der Waals surface area (Å²) in [6.45, 7) is 3.02. The molecule has 0 spiro atoms. The first-order chi connectivity index (χ1) is 11.5. The molecule has 1 N–H and O–H groups in total. The van der Waals surface area contributed by atoms with Gasteiger partial charge in [-0.3, -0.25) is 10.0 Å². The van der Waals surface area contributed by atoms with Gasteiger partial charge in [-0.2, -0.15) is 5.26 Å². The number of carbonyl (C=O) groups is 1. The summed E-state index contributed by atoms with van der Waals surface area (Å²) < 4.78 is 5.75. The molecule has 0 aliphatic rings.